The van der Waals surface area contributed by atoms with Crippen LogP contribution in [0.25, 0.3) is 0 Å². The Bertz CT molecular complexity index is 179. The zero-order chi connectivity index (χ0) is 7.56. The van der Waals surface area contributed by atoms with E-state index in [1.165, 1.54) is 0 Å². The van der Waals surface area contributed by atoms with Gasteiger partial charge in [-0.1, -0.05) is 30.9 Å². The molecule has 0 aromatic rings. The molecule has 0 fully saturated rings. The van der Waals surface area contributed by atoms with Gasteiger partial charge >= 0.3 is 0 Å². The molecule has 0 spiro atoms. The van der Waals surface area contributed by atoms with E-state index in [0.717, 1.165) is 0 Å². The number of allylic oxidation sites excluding steroid dienone is 2. The largest absolute Gasteiger partial charge is 0.510 e. The quantitative estimate of drug-likeness (QED) is 0.562. The van der Waals surface area contributed by atoms with Crippen molar-refractivity contribution in [3.63, 3.8) is 0 Å². The van der Waals surface area contributed by atoms with Crippen molar-refractivity contribution in [2.45, 2.75) is 6.10 Å². The molecule has 0 radical (unpaired) electrons. The minimum atomic E-state index is -0.852. The average Bonchev–Trinajstić information content (AvgIpc) is 2.36. The van der Waals surface area contributed by atoms with Crippen LogP contribution in [-0.4, -0.2) is 16.3 Å². The second-order valence-corrected chi connectivity index (χ2v) is 2.28. The monoisotopic (exact) mass is 138 g/mol. The number of rotatable bonds is 2. The van der Waals surface area contributed by atoms with E-state index in [4.69, 9.17) is 5.11 Å². The second-order valence-electron chi connectivity index (χ2n) is 2.28. The summed E-state index contributed by atoms with van der Waals surface area (Å²) in [6.07, 6.45) is 6.43. The van der Waals surface area contributed by atoms with Crippen molar-refractivity contribution in [1.29, 1.82) is 0 Å². The molecule has 0 amide bonds. The summed E-state index contributed by atoms with van der Waals surface area (Å²) in [5, 5.41) is 17.9. The summed E-state index contributed by atoms with van der Waals surface area (Å²) in [6, 6.07) is 0. The predicted octanol–water partition coefficient (Wildman–Crippen LogP) is 1.16. The maximum Gasteiger partial charge on any atom is 0.120 e. The second kappa shape index (κ2) is 2.71. The normalized spacial score (nSPS) is 19.7. The van der Waals surface area contributed by atoms with E-state index in [-0.39, 0.29) is 11.7 Å². The Balaban J connectivity index is 2.57. The first-order chi connectivity index (χ1) is 4.72. The summed E-state index contributed by atoms with van der Waals surface area (Å²) in [7, 11) is 0. The number of hydrogen-bond acceptors (Lipinski definition) is 2. The molecule has 2 N–H and O–H groups in total. The van der Waals surface area contributed by atoms with Gasteiger partial charge in [-0.05, 0) is 0 Å². The van der Waals surface area contributed by atoms with Gasteiger partial charge in [-0.2, -0.15) is 0 Å². The van der Waals surface area contributed by atoms with Crippen LogP contribution in [0.1, 0.15) is 0 Å². The van der Waals surface area contributed by atoms with Crippen molar-refractivity contribution in [2.24, 2.45) is 5.92 Å². The molecule has 1 aliphatic carbocycles. The van der Waals surface area contributed by atoms with Gasteiger partial charge in [-0.25, -0.2) is 0 Å². The summed E-state index contributed by atoms with van der Waals surface area (Å²) in [6.45, 7) is 3.24. The van der Waals surface area contributed by atoms with Crippen LogP contribution in [0.15, 0.2) is 36.6 Å². The minimum absolute atomic E-state index is 0.0995. The van der Waals surface area contributed by atoms with Gasteiger partial charge in [0, 0.05) is 5.92 Å². The fourth-order valence-corrected chi connectivity index (χ4v) is 0.882. The smallest absolute Gasteiger partial charge is 0.120 e. The molecule has 0 bridgehead atoms. The van der Waals surface area contributed by atoms with Crippen LogP contribution >= 0.6 is 0 Å². The molecule has 0 aliphatic heterocycles. The molecule has 1 unspecified atom stereocenters. The van der Waals surface area contributed by atoms with Gasteiger partial charge in [0.25, 0.3) is 0 Å². The third kappa shape index (κ3) is 1.28. The first-order valence-electron chi connectivity index (χ1n) is 3.12. The Hall–Kier alpha value is -1.02. The lowest BCUT2D eigenvalue weighted by atomic mass is 10.0. The summed E-state index contributed by atoms with van der Waals surface area (Å²) >= 11 is 0. The summed E-state index contributed by atoms with van der Waals surface area (Å²) in [5.41, 5.74) is 0. The predicted molar refractivity (Wildman–Crippen MR) is 39.5 cm³/mol. The maximum atomic E-state index is 9.17. The van der Waals surface area contributed by atoms with Gasteiger partial charge in [0.15, 0.2) is 0 Å². The van der Waals surface area contributed by atoms with Gasteiger partial charge < -0.3 is 10.2 Å². The summed E-state index contributed by atoms with van der Waals surface area (Å²) in [4.78, 5) is 0. The van der Waals surface area contributed by atoms with E-state index < -0.39 is 6.10 Å². The molecule has 0 saturated carbocycles. The summed E-state index contributed by atoms with van der Waals surface area (Å²) in [5.74, 6) is -0.279. The molecule has 0 aromatic heterocycles. The molecule has 54 valence electrons. The first-order valence-corrected chi connectivity index (χ1v) is 3.12. The third-order valence-corrected chi connectivity index (χ3v) is 1.48. The lowest BCUT2D eigenvalue weighted by Gasteiger charge is -2.12. The average molecular weight is 138 g/mol. The highest BCUT2D eigenvalue weighted by molar-refractivity contribution is 5.21. The molecule has 1 rings (SSSR count). The number of aliphatic hydroxyl groups is 2. The Morgan fingerprint density at radius 2 is 1.90 bits per heavy atom. The fourth-order valence-electron chi connectivity index (χ4n) is 0.882. The van der Waals surface area contributed by atoms with Crippen LogP contribution in [0.2, 0.25) is 0 Å². The molecule has 0 saturated heterocycles. The molecule has 1 atom stereocenters. The van der Waals surface area contributed by atoms with Crippen LogP contribution in [0, 0.1) is 5.92 Å². The Morgan fingerprint density at radius 3 is 2.30 bits per heavy atom. The van der Waals surface area contributed by atoms with Crippen molar-refractivity contribution >= 4 is 0 Å². The van der Waals surface area contributed by atoms with Crippen molar-refractivity contribution < 1.29 is 10.2 Å². The molecular formula is C8H10O2. The molecule has 1 aliphatic rings. The van der Waals surface area contributed by atoms with E-state index in [2.05, 4.69) is 6.58 Å². The van der Waals surface area contributed by atoms with Crippen LogP contribution < -0.4 is 0 Å². The van der Waals surface area contributed by atoms with E-state index in [1.54, 1.807) is 0 Å². The third-order valence-electron chi connectivity index (χ3n) is 1.48. The summed E-state index contributed by atoms with van der Waals surface area (Å²) < 4.78 is 0. The standard InChI is InChI=1S/C8H10O2/c1-6(9)8(10)7-4-2-3-5-7/h2-5,7-10H,1H2. The highest BCUT2D eigenvalue weighted by atomic mass is 16.3. The number of aliphatic hydroxyl groups excluding tert-OH is 2. The van der Waals surface area contributed by atoms with Crippen LogP contribution in [0.3, 0.4) is 0 Å². The van der Waals surface area contributed by atoms with Crippen molar-refractivity contribution in [3.05, 3.63) is 36.6 Å². The van der Waals surface area contributed by atoms with E-state index in [0.29, 0.717) is 0 Å². The zero-order valence-electron chi connectivity index (χ0n) is 5.57. The Morgan fingerprint density at radius 1 is 1.40 bits per heavy atom. The van der Waals surface area contributed by atoms with Crippen LogP contribution in [0.4, 0.5) is 0 Å². The van der Waals surface area contributed by atoms with Crippen molar-refractivity contribution in [2.75, 3.05) is 0 Å². The Kier molecular flexibility index (Phi) is 1.92. The molecular weight excluding hydrogens is 128 g/mol. The van der Waals surface area contributed by atoms with E-state index in [1.807, 2.05) is 24.3 Å². The first kappa shape index (κ1) is 7.09. The highest BCUT2D eigenvalue weighted by Crippen LogP contribution is 2.16. The lowest BCUT2D eigenvalue weighted by molar-refractivity contribution is 0.133. The zero-order valence-corrected chi connectivity index (χ0v) is 5.57. The lowest BCUT2D eigenvalue weighted by Crippen LogP contribution is -2.17. The van der Waals surface area contributed by atoms with Gasteiger partial charge in [0.2, 0.25) is 0 Å². The van der Waals surface area contributed by atoms with Gasteiger partial charge in [-0.15, -0.1) is 0 Å². The van der Waals surface area contributed by atoms with Gasteiger partial charge in [-0.3, -0.25) is 0 Å². The highest BCUT2D eigenvalue weighted by Gasteiger charge is 2.17. The van der Waals surface area contributed by atoms with Crippen LogP contribution in [-0.2, 0) is 0 Å². The van der Waals surface area contributed by atoms with E-state index >= 15 is 0 Å². The molecule has 0 heterocycles. The van der Waals surface area contributed by atoms with Crippen molar-refractivity contribution in [3.8, 4) is 0 Å². The SMILES string of the molecule is C=C(O)C(O)C1C=CC=C1. The molecule has 10 heavy (non-hydrogen) atoms. The minimum Gasteiger partial charge on any atom is -0.510 e. The van der Waals surface area contributed by atoms with Crippen molar-refractivity contribution in [1.82, 2.24) is 0 Å². The van der Waals surface area contributed by atoms with Gasteiger partial charge in [0.05, 0.1) is 0 Å². The number of hydrogen-bond donors (Lipinski definition) is 2. The molecule has 2 heteroatoms. The van der Waals surface area contributed by atoms with Crippen LogP contribution in [0.5, 0.6) is 0 Å². The molecule has 2 nitrogen and oxygen atoms in total. The van der Waals surface area contributed by atoms with Gasteiger partial charge in [0.1, 0.15) is 11.9 Å². The maximum absolute atomic E-state index is 9.17. The topological polar surface area (TPSA) is 40.5 Å². The fraction of sp³-hybridized carbons (Fsp3) is 0.250. The Labute approximate surface area is 59.8 Å². The van der Waals surface area contributed by atoms with E-state index in [9.17, 15) is 5.11 Å². The molecule has 0 aromatic carbocycles.